The van der Waals surface area contributed by atoms with Crippen molar-refractivity contribution in [1.29, 1.82) is 0 Å². The van der Waals surface area contributed by atoms with E-state index in [-0.39, 0.29) is 21.2 Å². The molecule has 0 aliphatic heterocycles. The molecule has 2 rings (SSSR count). The second kappa shape index (κ2) is 6.98. The summed E-state index contributed by atoms with van der Waals surface area (Å²) < 4.78 is 24.6. The third kappa shape index (κ3) is 4.09. The van der Waals surface area contributed by atoms with Gasteiger partial charge in [-0.2, -0.15) is 13.5 Å². The summed E-state index contributed by atoms with van der Waals surface area (Å²) in [4.78, 5) is 12.4. The normalized spacial score (nSPS) is 11.6. The quantitative estimate of drug-likeness (QED) is 0.498. The van der Waals surface area contributed by atoms with Crippen LogP contribution in [0.15, 0.2) is 46.4 Å². The first-order valence-corrected chi connectivity index (χ1v) is 8.63. The van der Waals surface area contributed by atoms with E-state index < -0.39 is 14.9 Å². The SMILES string of the molecule is Cc1ccc(C)c(S(=O)(=O)N/N=C/c2cc([N+](=O)[O-])ccc2Cl)c1. The summed E-state index contributed by atoms with van der Waals surface area (Å²) in [5.41, 5.74) is 1.44. The third-order valence-corrected chi connectivity index (χ3v) is 4.91. The molecule has 0 atom stereocenters. The Hall–Kier alpha value is -2.45. The number of hydrazone groups is 1. The van der Waals surface area contributed by atoms with E-state index in [0.717, 1.165) is 11.8 Å². The Labute approximate surface area is 144 Å². The van der Waals surface area contributed by atoms with Crippen molar-refractivity contribution in [3.8, 4) is 0 Å². The molecule has 7 nitrogen and oxygen atoms in total. The zero-order valence-electron chi connectivity index (χ0n) is 12.9. The van der Waals surface area contributed by atoms with Gasteiger partial charge in [-0.3, -0.25) is 10.1 Å². The number of sulfonamides is 1. The monoisotopic (exact) mass is 367 g/mol. The number of hydrogen-bond acceptors (Lipinski definition) is 5. The molecular formula is C15H14ClN3O4S. The Morgan fingerprint density at radius 2 is 1.92 bits per heavy atom. The van der Waals surface area contributed by atoms with E-state index in [1.165, 1.54) is 24.3 Å². The van der Waals surface area contributed by atoms with Gasteiger partial charge < -0.3 is 0 Å². The van der Waals surface area contributed by atoms with E-state index in [1.807, 2.05) is 0 Å². The number of rotatable bonds is 5. The van der Waals surface area contributed by atoms with Crippen LogP contribution >= 0.6 is 11.6 Å². The number of nitrogens with one attached hydrogen (secondary N) is 1. The summed E-state index contributed by atoms with van der Waals surface area (Å²) in [6.07, 6.45) is 1.12. The van der Waals surface area contributed by atoms with Crippen molar-refractivity contribution in [2.24, 2.45) is 5.10 Å². The number of benzene rings is 2. The van der Waals surface area contributed by atoms with Crippen LogP contribution in [0.3, 0.4) is 0 Å². The standard InChI is InChI=1S/C15H14ClN3O4S/c1-10-3-4-11(2)15(7-10)24(22,23)18-17-9-12-8-13(19(20)21)5-6-14(12)16/h3-9,18H,1-2H3/b17-9+. The Bertz CT molecular complexity index is 926. The van der Waals surface area contributed by atoms with Crippen LogP contribution in [0.1, 0.15) is 16.7 Å². The summed E-state index contributed by atoms with van der Waals surface area (Å²) in [7, 11) is -3.85. The Kier molecular flexibility index (Phi) is 5.20. The highest BCUT2D eigenvalue weighted by Crippen LogP contribution is 2.21. The largest absolute Gasteiger partial charge is 0.276 e. The average molecular weight is 368 g/mol. The van der Waals surface area contributed by atoms with Gasteiger partial charge in [-0.25, -0.2) is 4.83 Å². The molecule has 2 aromatic carbocycles. The fraction of sp³-hybridized carbons (Fsp3) is 0.133. The molecule has 0 bridgehead atoms. The van der Waals surface area contributed by atoms with E-state index in [1.54, 1.807) is 26.0 Å². The maximum Gasteiger partial charge on any atom is 0.276 e. The number of non-ortho nitro benzene ring substituents is 1. The first kappa shape index (κ1) is 17.9. The average Bonchev–Trinajstić information content (AvgIpc) is 2.51. The molecule has 1 N–H and O–H groups in total. The molecule has 126 valence electrons. The van der Waals surface area contributed by atoms with Gasteiger partial charge in [0.1, 0.15) is 0 Å². The van der Waals surface area contributed by atoms with Crippen molar-refractivity contribution in [3.63, 3.8) is 0 Å². The van der Waals surface area contributed by atoms with Crippen LogP contribution in [0.5, 0.6) is 0 Å². The first-order chi connectivity index (χ1) is 11.2. The van der Waals surface area contributed by atoms with E-state index in [0.29, 0.717) is 5.56 Å². The van der Waals surface area contributed by atoms with Gasteiger partial charge in [0.25, 0.3) is 15.7 Å². The van der Waals surface area contributed by atoms with Crippen LogP contribution in [0.4, 0.5) is 5.69 Å². The summed E-state index contributed by atoms with van der Waals surface area (Å²) in [5.74, 6) is 0. The molecule has 9 heteroatoms. The minimum Gasteiger partial charge on any atom is -0.258 e. The van der Waals surface area contributed by atoms with Gasteiger partial charge in [-0.15, -0.1) is 0 Å². The Morgan fingerprint density at radius 1 is 1.21 bits per heavy atom. The fourth-order valence-corrected chi connectivity index (χ4v) is 3.24. The molecule has 2 aromatic rings. The number of hydrogen-bond donors (Lipinski definition) is 1. The summed E-state index contributed by atoms with van der Waals surface area (Å²) in [5, 5.41) is 14.6. The molecule has 0 spiro atoms. The Morgan fingerprint density at radius 3 is 2.58 bits per heavy atom. The maximum atomic E-state index is 12.3. The molecule has 0 fully saturated rings. The van der Waals surface area contributed by atoms with Crippen LogP contribution in [0.25, 0.3) is 0 Å². The highest BCUT2D eigenvalue weighted by Gasteiger charge is 2.16. The molecule has 0 aliphatic rings. The van der Waals surface area contributed by atoms with Gasteiger partial charge in [0, 0.05) is 22.7 Å². The summed E-state index contributed by atoms with van der Waals surface area (Å²) in [6.45, 7) is 3.46. The second-order valence-electron chi connectivity index (χ2n) is 5.08. The zero-order valence-corrected chi connectivity index (χ0v) is 14.4. The van der Waals surface area contributed by atoms with Crippen LogP contribution in [-0.2, 0) is 10.0 Å². The minimum atomic E-state index is -3.85. The lowest BCUT2D eigenvalue weighted by atomic mass is 10.2. The number of nitro groups is 1. The van der Waals surface area contributed by atoms with Crippen molar-refractivity contribution >= 4 is 33.5 Å². The van der Waals surface area contributed by atoms with Crippen molar-refractivity contribution in [2.75, 3.05) is 0 Å². The molecular weight excluding hydrogens is 354 g/mol. The Balaban J connectivity index is 2.26. The number of nitro benzene ring substituents is 1. The van der Waals surface area contributed by atoms with Crippen molar-refractivity contribution < 1.29 is 13.3 Å². The molecule has 0 saturated carbocycles. The molecule has 0 aliphatic carbocycles. The van der Waals surface area contributed by atoms with Gasteiger partial charge >= 0.3 is 0 Å². The van der Waals surface area contributed by atoms with Crippen molar-refractivity contribution in [2.45, 2.75) is 18.7 Å². The lowest BCUT2D eigenvalue weighted by Gasteiger charge is -2.07. The molecule has 0 aromatic heterocycles. The highest BCUT2D eigenvalue weighted by molar-refractivity contribution is 7.89. The molecule has 24 heavy (non-hydrogen) atoms. The lowest BCUT2D eigenvalue weighted by molar-refractivity contribution is -0.384. The predicted molar refractivity (Wildman–Crippen MR) is 91.9 cm³/mol. The van der Waals surface area contributed by atoms with E-state index in [4.69, 9.17) is 11.6 Å². The molecule has 0 amide bonds. The molecule has 0 heterocycles. The third-order valence-electron chi connectivity index (χ3n) is 3.20. The van der Waals surface area contributed by atoms with Gasteiger partial charge in [-0.1, -0.05) is 23.7 Å². The van der Waals surface area contributed by atoms with Crippen molar-refractivity contribution in [1.82, 2.24) is 4.83 Å². The van der Waals surface area contributed by atoms with Crippen molar-refractivity contribution in [3.05, 3.63) is 68.2 Å². The lowest BCUT2D eigenvalue weighted by Crippen LogP contribution is -2.19. The van der Waals surface area contributed by atoms with Crippen LogP contribution in [0.2, 0.25) is 5.02 Å². The zero-order chi connectivity index (χ0) is 17.9. The smallest absolute Gasteiger partial charge is 0.258 e. The van der Waals surface area contributed by atoms with Crippen LogP contribution in [-0.4, -0.2) is 19.6 Å². The van der Waals surface area contributed by atoms with Crippen LogP contribution < -0.4 is 4.83 Å². The first-order valence-electron chi connectivity index (χ1n) is 6.77. The van der Waals surface area contributed by atoms with E-state index >= 15 is 0 Å². The number of aryl methyl sites for hydroxylation is 2. The number of nitrogens with zero attached hydrogens (tertiary/aromatic N) is 2. The minimum absolute atomic E-state index is 0.116. The highest BCUT2D eigenvalue weighted by atomic mass is 35.5. The molecule has 0 unspecified atom stereocenters. The fourth-order valence-electron chi connectivity index (χ4n) is 1.95. The summed E-state index contributed by atoms with van der Waals surface area (Å²) >= 11 is 5.92. The van der Waals surface area contributed by atoms with Gasteiger partial charge in [0.2, 0.25) is 0 Å². The summed E-state index contributed by atoms with van der Waals surface area (Å²) in [6, 6.07) is 8.84. The molecule has 0 radical (unpaired) electrons. The predicted octanol–water partition coefficient (Wildman–Crippen LogP) is 3.18. The van der Waals surface area contributed by atoms with Crippen LogP contribution in [0, 0.1) is 24.0 Å². The number of halogens is 1. The topological polar surface area (TPSA) is 102 Å². The van der Waals surface area contributed by atoms with E-state index in [9.17, 15) is 18.5 Å². The van der Waals surface area contributed by atoms with E-state index in [2.05, 4.69) is 9.93 Å². The van der Waals surface area contributed by atoms with Gasteiger partial charge in [-0.05, 0) is 37.1 Å². The molecule has 0 saturated heterocycles. The van der Waals surface area contributed by atoms with Gasteiger partial charge in [0.15, 0.2) is 0 Å². The van der Waals surface area contributed by atoms with Gasteiger partial charge in [0.05, 0.1) is 16.0 Å². The maximum absolute atomic E-state index is 12.3. The second-order valence-corrected chi connectivity index (χ2v) is 7.12.